The Labute approximate surface area is 124 Å². The molecule has 1 aliphatic carbocycles. The average molecular weight is 299 g/mol. The van der Waals surface area contributed by atoms with Crippen molar-refractivity contribution >= 4 is 23.0 Å². The number of hydrogen-bond acceptors (Lipinski definition) is 4. The zero-order valence-electron chi connectivity index (χ0n) is 11.2. The van der Waals surface area contributed by atoms with Crippen molar-refractivity contribution in [2.24, 2.45) is 0 Å². The van der Waals surface area contributed by atoms with Crippen molar-refractivity contribution in [3.63, 3.8) is 0 Å². The van der Waals surface area contributed by atoms with Crippen molar-refractivity contribution < 1.29 is 9.90 Å². The van der Waals surface area contributed by atoms with Gasteiger partial charge in [-0.25, -0.2) is 14.8 Å². The average Bonchev–Trinajstić information content (AvgIpc) is 3.07. The minimum Gasteiger partial charge on any atom is -0.477 e. The van der Waals surface area contributed by atoms with E-state index in [1.54, 1.807) is 0 Å². The lowest BCUT2D eigenvalue weighted by molar-refractivity contribution is 0.0702. The van der Waals surface area contributed by atoms with Crippen molar-refractivity contribution in [2.75, 3.05) is 0 Å². The maximum Gasteiger partial charge on any atom is 0.347 e. The predicted molar refractivity (Wildman–Crippen MR) is 79.0 cm³/mol. The Balaban J connectivity index is 1.61. The van der Waals surface area contributed by atoms with Crippen LogP contribution in [0.2, 0.25) is 0 Å². The number of hydrogen-bond donors (Lipinski definition) is 1. The van der Waals surface area contributed by atoms with E-state index in [9.17, 15) is 4.79 Å². The molecule has 1 N–H and O–H groups in total. The van der Waals surface area contributed by atoms with Crippen molar-refractivity contribution in [1.82, 2.24) is 14.4 Å². The highest BCUT2D eigenvalue weighted by atomic mass is 32.1. The third kappa shape index (κ3) is 2.42. The van der Waals surface area contributed by atoms with E-state index in [4.69, 9.17) is 5.11 Å². The quantitative estimate of drug-likeness (QED) is 0.804. The van der Waals surface area contributed by atoms with Gasteiger partial charge in [0, 0.05) is 18.8 Å². The number of carboxylic acids is 1. The summed E-state index contributed by atoms with van der Waals surface area (Å²) in [5.41, 5.74) is 3.20. The highest BCUT2D eigenvalue weighted by Gasteiger charge is 2.23. The molecular weight excluding hydrogens is 286 g/mol. The van der Waals surface area contributed by atoms with Gasteiger partial charge in [0.2, 0.25) is 0 Å². The van der Waals surface area contributed by atoms with Gasteiger partial charge in [0.05, 0.1) is 16.9 Å². The lowest BCUT2D eigenvalue weighted by Gasteiger charge is -1.98. The van der Waals surface area contributed by atoms with Crippen LogP contribution in [0.3, 0.4) is 0 Å². The minimum absolute atomic E-state index is 0.268. The van der Waals surface area contributed by atoms with Crippen LogP contribution < -0.4 is 0 Å². The Morgan fingerprint density at radius 1 is 1.38 bits per heavy atom. The summed E-state index contributed by atoms with van der Waals surface area (Å²) in [5, 5.41) is 9.69. The van der Waals surface area contributed by atoms with Gasteiger partial charge in [-0.1, -0.05) is 6.07 Å². The van der Waals surface area contributed by atoms with Crippen LogP contribution in [0, 0.1) is 0 Å². The van der Waals surface area contributed by atoms with Crippen LogP contribution in [0.15, 0.2) is 30.7 Å². The van der Waals surface area contributed by atoms with Crippen LogP contribution in [0.5, 0.6) is 0 Å². The fraction of sp³-hybridized carbons (Fsp3) is 0.267. The molecule has 4 rings (SSSR count). The molecule has 3 aromatic heterocycles. The van der Waals surface area contributed by atoms with E-state index >= 15 is 0 Å². The van der Waals surface area contributed by atoms with Gasteiger partial charge in [-0.3, -0.25) is 0 Å². The monoisotopic (exact) mass is 299 g/mol. The Kier molecular flexibility index (Phi) is 2.78. The summed E-state index contributed by atoms with van der Waals surface area (Å²) in [6.07, 6.45) is 8.69. The molecule has 0 unspecified atom stereocenters. The molecule has 0 atom stereocenters. The first-order chi connectivity index (χ1) is 10.2. The number of imidazole rings is 1. The molecule has 1 fully saturated rings. The molecular formula is C15H13N3O2S. The largest absolute Gasteiger partial charge is 0.477 e. The number of aromatic nitrogens is 3. The molecule has 3 heterocycles. The molecule has 3 aromatic rings. The number of carbonyl (C=O) groups is 1. The maximum absolute atomic E-state index is 10.9. The zero-order valence-corrected chi connectivity index (χ0v) is 12.0. The van der Waals surface area contributed by atoms with E-state index in [2.05, 4.69) is 26.6 Å². The topological polar surface area (TPSA) is 67.5 Å². The lowest BCUT2D eigenvalue weighted by Crippen LogP contribution is -1.89. The van der Waals surface area contributed by atoms with Gasteiger partial charge in [0.1, 0.15) is 10.5 Å². The first-order valence-corrected chi connectivity index (χ1v) is 7.66. The first kappa shape index (κ1) is 12.5. The van der Waals surface area contributed by atoms with Crippen LogP contribution in [0.4, 0.5) is 0 Å². The number of thiazole rings is 1. The number of pyridine rings is 1. The normalized spacial score (nSPS) is 14.7. The van der Waals surface area contributed by atoms with Gasteiger partial charge in [-0.15, -0.1) is 11.3 Å². The molecule has 0 spiro atoms. The molecule has 0 aliphatic heterocycles. The molecule has 21 heavy (non-hydrogen) atoms. The molecule has 0 bridgehead atoms. The highest BCUT2D eigenvalue weighted by Crippen LogP contribution is 2.39. The lowest BCUT2D eigenvalue weighted by atomic mass is 10.2. The molecule has 1 saturated carbocycles. The highest BCUT2D eigenvalue weighted by molar-refractivity contribution is 7.13. The smallest absolute Gasteiger partial charge is 0.347 e. The van der Waals surface area contributed by atoms with Gasteiger partial charge in [0.15, 0.2) is 0 Å². The van der Waals surface area contributed by atoms with Crippen LogP contribution in [0.25, 0.3) is 5.65 Å². The van der Waals surface area contributed by atoms with Crippen LogP contribution in [-0.4, -0.2) is 25.4 Å². The number of fused-ring (bicyclic) bond motifs is 1. The molecule has 5 nitrogen and oxygen atoms in total. The van der Waals surface area contributed by atoms with Crippen molar-refractivity contribution in [1.29, 1.82) is 0 Å². The fourth-order valence-corrected chi connectivity index (χ4v) is 3.22. The number of rotatable bonds is 4. The first-order valence-electron chi connectivity index (χ1n) is 6.84. The molecule has 0 amide bonds. The number of carboxylic acid groups (broad SMARTS) is 1. The van der Waals surface area contributed by atoms with Crippen molar-refractivity contribution in [3.05, 3.63) is 51.9 Å². The summed E-state index contributed by atoms with van der Waals surface area (Å²) in [5.74, 6) is -0.208. The van der Waals surface area contributed by atoms with Gasteiger partial charge >= 0.3 is 5.97 Å². The summed E-state index contributed by atoms with van der Waals surface area (Å²) in [4.78, 5) is 19.8. The Morgan fingerprint density at radius 3 is 2.95 bits per heavy atom. The van der Waals surface area contributed by atoms with Crippen molar-refractivity contribution in [3.8, 4) is 0 Å². The summed E-state index contributed by atoms with van der Waals surface area (Å²) in [6, 6.07) is 4.19. The van der Waals surface area contributed by atoms with Crippen LogP contribution >= 0.6 is 11.3 Å². The fourth-order valence-electron chi connectivity index (χ4n) is 2.45. The summed E-state index contributed by atoms with van der Waals surface area (Å²) in [6.45, 7) is 0. The third-order valence-electron chi connectivity index (χ3n) is 3.67. The SMILES string of the molecule is O=C(O)c1cnc(Cc2cn3cc(C4CC4)ccc3n2)s1. The zero-order chi connectivity index (χ0) is 14.4. The molecule has 6 heteroatoms. The summed E-state index contributed by atoms with van der Waals surface area (Å²) in [7, 11) is 0. The Bertz CT molecular complexity index is 832. The second-order valence-electron chi connectivity index (χ2n) is 5.33. The molecule has 0 aromatic carbocycles. The van der Waals surface area contributed by atoms with Crippen molar-refractivity contribution in [2.45, 2.75) is 25.2 Å². The molecule has 0 radical (unpaired) electrons. The standard InChI is InChI=1S/C15H13N3O2S/c19-15(20)12-6-16-14(21-12)5-11-8-18-7-10(9-1-2-9)3-4-13(18)17-11/h3-4,6-9H,1-2,5H2,(H,19,20). The van der Waals surface area contributed by atoms with E-state index in [0.717, 1.165) is 22.3 Å². The number of nitrogens with zero attached hydrogens (tertiary/aromatic N) is 3. The van der Waals surface area contributed by atoms with Gasteiger partial charge < -0.3 is 9.51 Å². The van der Waals surface area contributed by atoms with Crippen LogP contribution in [0.1, 0.15) is 44.7 Å². The second kappa shape index (κ2) is 4.66. The molecule has 0 saturated heterocycles. The van der Waals surface area contributed by atoms with E-state index in [-0.39, 0.29) is 4.88 Å². The Hall–Kier alpha value is -2.21. The number of aromatic carboxylic acids is 1. The van der Waals surface area contributed by atoms with E-state index < -0.39 is 5.97 Å². The van der Waals surface area contributed by atoms with E-state index in [1.165, 1.54) is 35.9 Å². The molecule has 1 aliphatic rings. The van der Waals surface area contributed by atoms with Gasteiger partial charge in [-0.2, -0.15) is 0 Å². The Morgan fingerprint density at radius 2 is 2.24 bits per heavy atom. The van der Waals surface area contributed by atoms with E-state index in [1.807, 2.05) is 12.3 Å². The van der Waals surface area contributed by atoms with Crippen LogP contribution in [-0.2, 0) is 6.42 Å². The van der Waals surface area contributed by atoms with Gasteiger partial charge in [0.25, 0.3) is 0 Å². The minimum atomic E-state index is -0.928. The maximum atomic E-state index is 10.9. The van der Waals surface area contributed by atoms with E-state index in [0.29, 0.717) is 6.42 Å². The second-order valence-corrected chi connectivity index (χ2v) is 6.45. The summed E-state index contributed by atoms with van der Waals surface area (Å²) >= 11 is 1.20. The van der Waals surface area contributed by atoms with Gasteiger partial charge in [-0.05, 0) is 30.4 Å². The predicted octanol–water partition coefficient (Wildman–Crippen LogP) is 2.96. The molecule has 106 valence electrons. The third-order valence-corrected chi connectivity index (χ3v) is 4.65. The summed E-state index contributed by atoms with van der Waals surface area (Å²) < 4.78 is 2.05.